The minimum Gasteiger partial charge on any atom is -0.381 e. The number of hydrogen-bond donors (Lipinski definition) is 0. The van der Waals surface area contributed by atoms with Gasteiger partial charge in [0.25, 0.3) is 0 Å². The van der Waals surface area contributed by atoms with Crippen molar-refractivity contribution < 1.29 is 9.53 Å². The first kappa shape index (κ1) is 16.7. The number of likely N-dealkylation sites (tertiary alicyclic amines) is 1. The van der Waals surface area contributed by atoms with Crippen LogP contribution in [0.5, 0.6) is 0 Å². The SMILES string of the molecule is O=C(C1CCOC1)N1CCC2(CC1)CN(c1ncccn1)c1ccccc12. The van der Waals surface area contributed by atoms with Crippen molar-refractivity contribution >= 4 is 17.5 Å². The molecule has 1 spiro atoms. The molecular formula is C21H24N4O2. The van der Waals surface area contributed by atoms with Crippen LogP contribution < -0.4 is 4.90 Å². The number of rotatable bonds is 2. The highest BCUT2D eigenvalue weighted by atomic mass is 16.5. The Kier molecular flexibility index (Phi) is 4.08. The summed E-state index contributed by atoms with van der Waals surface area (Å²) in [7, 11) is 0. The highest BCUT2D eigenvalue weighted by molar-refractivity contribution is 5.79. The first-order valence-corrected chi connectivity index (χ1v) is 9.77. The Hall–Kier alpha value is -2.47. The molecule has 0 radical (unpaired) electrons. The fourth-order valence-corrected chi connectivity index (χ4v) is 4.81. The number of carbonyl (C=O) groups is 1. The minimum atomic E-state index is 0.0594. The lowest BCUT2D eigenvalue weighted by atomic mass is 9.74. The molecule has 2 saturated heterocycles. The van der Waals surface area contributed by atoms with Crippen LogP contribution in [0.2, 0.25) is 0 Å². The van der Waals surface area contributed by atoms with E-state index >= 15 is 0 Å². The molecule has 1 unspecified atom stereocenters. The van der Waals surface area contributed by atoms with Gasteiger partial charge in [-0.3, -0.25) is 4.79 Å². The smallest absolute Gasteiger partial charge is 0.229 e. The molecule has 3 aliphatic heterocycles. The molecule has 6 heteroatoms. The molecule has 2 aromatic rings. The van der Waals surface area contributed by atoms with Gasteiger partial charge in [0.1, 0.15) is 0 Å². The largest absolute Gasteiger partial charge is 0.381 e. The highest BCUT2D eigenvalue weighted by Gasteiger charge is 2.46. The second kappa shape index (κ2) is 6.60. The summed E-state index contributed by atoms with van der Waals surface area (Å²) in [5.41, 5.74) is 2.64. The van der Waals surface area contributed by atoms with Gasteiger partial charge in [-0.1, -0.05) is 18.2 Å². The van der Waals surface area contributed by atoms with Crippen molar-refractivity contribution in [3.8, 4) is 0 Å². The highest BCUT2D eigenvalue weighted by Crippen LogP contribution is 2.48. The third-order valence-electron chi connectivity index (χ3n) is 6.33. The number of para-hydroxylation sites is 1. The standard InChI is InChI=1S/C21H24N4O2/c26-19(16-6-13-27-14-16)24-11-7-21(8-12-24)15-25(20-22-9-3-10-23-20)18-5-2-1-4-17(18)21/h1-5,9-10,16H,6-8,11-15H2. The van der Waals surface area contributed by atoms with Crippen LogP contribution in [0.4, 0.5) is 11.6 Å². The van der Waals surface area contributed by atoms with Crippen molar-refractivity contribution in [3.63, 3.8) is 0 Å². The van der Waals surface area contributed by atoms with Gasteiger partial charge >= 0.3 is 0 Å². The first-order chi connectivity index (χ1) is 13.3. The Morgan fingerprint density at radius 3 is 2.63 bits per heavy atom. The van der Waals surface area contributed by atoms with E-state index in [0.717, 1.165) is 44.8 Å². The number of amides is 1. The van der Waals surface area contributed by atoms with Gasteiger partial charge in [0, 0.05) is 49.7 Å². The van der Waals surface area contributed by atoms with Crippen molar-refractivity contribution in [2.75, 3.05) is 37.7 Å². The number of fused-ring (bicyclic) bond motifs is 2. The predicted octanol–water partition coefficient (Wildman–Crippen LogP) is 2.53. The molecule has 3 aliphatic rings. The monoisotopic (exact) mass is 364 g/mol. The lowest BCUT2D eigenvalue weighted by Crippen LogP contribution is -2.48. The van der Waals surface area contributed by atoms with Crippen molar-refractivity contribution in [2.45, 2.75) is 24.7 Å². The van der Waals surface area contributed by atoms with Crippen LogP contribution in [-0.2, 0) is 14.9 Å². The van der Waals surface area contributed by atoms with Crippen LogP contribution >= 0.6 is 0 Å². The number of aromatic nitrogens is 2. The number of hydrogen-bond acceptors (Lipinski definition) is 5. The summed E-state index contributed by atoms with van der Waals surface area (Å²) >= 11 is 0. The van der Waals surface area contributed by atoms with Gasteiger partial charge in [-0.05, 0) is 37.0 Å². The second-order valence-corrected chi connectivity index (χ2v) is 7.82. The summed E-state index contributed by atoms with van der Waals surface area (Å²) in [6.07, 6.45) is 6.41. The Balaban J connectivity index is 1.39. The van der Waals surface area contributed by atoms with E-state index in [1.807, 2.05) is 6.07 Å². The normalized spacial score (nSPS) is 23.6. The maximum atomic E-state index is 12.8. The number of benzene rings is 1. The van der Waals surface area contributed by atoms with Gasteiger partial charge in [-0.2, -0.15) is 0 Å². The van der Waals surface area contributed by atoms with Crippen LogP contribution in [-0.4, -0.2) is 53.6 Å². The lowest BCUT2D eigenvalue weighted by molar-refractivity contribution is -0.137. The van der Waals surface area contributed by atoms with Crippen LogP contribution in [0.1, 0.15) is 24.8 Å². The van der Waals surface area contributed by atoms with E-state index in [-0.39, 0.29) is 17.2 Å². The van der Waals surface area contributed by atoms with Gasteiger partial charge < -0.3 is 14.5 Å². The summed E-state index contributed by atoms with van der Waals surface area (Å²) < 4.78 is 5.40. The first-order valence-electron chi connectivity index (χ1n) is 9.77. The Bertz CT molecular complexity index is 827. The van der Waals surface area contributed by atoms with E-state index < -0.39 is 0 Å². The van der Waals surface area contributed by atoms with Gasteiger partial charge in [0.05, 0.1) is 12.5 Å². The molecule has 1 aromatic heterocycles. The van der Waals surface area contributed by atoms with E-state index in [9.17, 15) is 4.79 Å². The molecule has 5 rings (SSSR count). The van der Waals surface area contributed by atoms with Gasteiger partial charge in [-0.25, -0.2) is 9.97 Å². The van der Waals surface area contributed by atoms with E-state index in [4.69, 9.17) is 4.74 Å². The van der Waals surface area contributed by atoms with Crippen molar-refractivity contribution in [1.82, 2.24) is 14.9 Å². The van der Waals surface area contributed by atoms with Crippen LogP contribution in [0.3, 0.4) is 0 Å². The van der Waals surface area contributed by atoms with Gasteiger partial charge in [0.2, 0.25) is 11.9 Å². The molecule has 2 fully saturated rings. The number of piperidine rings is 1. The van der Waals surface area contributed by atoms with Crippen molar-refractivity contribution in [1.29, 1.82) is 0 Å². The zero-order valence-corrected chi connectivity index (χ0v) is 15.4. The zero-order chi connectivity index (χ0) is 18.3. The molecule has 0 bridgehead atoms. The molecule has 0 N–H and O–H groups in total. The van der Waals surface area contributed by atoms with Crippen molar-refractivity contribution in [2.24, 2.45) is 5.92 Å². The number of nitrogens with zero attached hydrogens (tertiary/aromatic N) is 4. The molecule has 6 nitrogen and oxygen atoms in total. The predicted molar refractivity (Wildman–Crippen MR) is 102 cm³/mol. The summed E-state index contributed by atoms with van der Waals surface area (Å²) in [6.45, 7) is 3.81. The minimum absolute atomic E-state index is 0.0594. The Morgan fingerprint density at radius 2 is 1.89 bits per heavy atom. The maximum Gasteiger partial charge on any atom is 0.229 e. The van der Waals surface area contributed by atoms with E-state index in [1.165, 1.54) is 11.3 Å². The summed E-state index contributed by atoms with van der Waals surface area (Å²) in [5, 5.41) is 0. The zero-order valence-electron chi connectivity index (χ0n) is 15.4. The van der Waals surface area contributed by atoms with E-state index in [0.29, 0.717) is 13.2 Å². The van der Waals surface area contributed by atoms with Crippen LogP contribution in [0.25, 0.3) is 0 Å². The maximum absolute atomic E-state index is 12.8. The molecule has 0 aliphatic carbocycles. The molecule has 1 atom stereocenters. The van der Waals surface area contributed by atoms with Gasteiger partial charge in [-0.15, -0.1) is 0 Å². The number of carbonyl (C=O) groups excluding carboxylic acids is 1. The quantitative estimate of drug-likeness (QED) is 0.820. The van der Waals surface area contributed by atoms with Crippen LogP contribution in [0, 0.1) is 5.92 Å². The molecule has 0 saturated carbocycles. The van der Waals surface area contributed by atoms with Crippen LogP contribution in [0.15, 0.2) is 42.7 Å². The molecule has 1 amide bonds. The molecule has 4 heterocycles. The average Bonchev–Trinajstić information content (AvgIpc) is 3.37. The fourth-order valence-electron chi connectivity index (χ4n) is 4.81. The molecule has 27 heavy (non-hydrogen) atoms. The molecular weight excluding hydrogens is 340 g/mol. The Morgan fingerprint density at radius 1 is 1.11 bits per heavy atom. The van der Waals surface area contributed by atoms with E-state index in [1.54, 1.807) is 12.4 Å². The number of anilines is 2. The molecule has 1 aromatic carbocycles. The second-order valence-electron chi connectivity index (χ2n) is 7.82. The Labute approximate surface area is 159 Å². The topological polar surface area (TPSA) is 58.6 Å². The van der Waals surface area contributed by atoms with Crippen molar-refractivity contribution in [3.05, 3.63) is 48.3 Å². The summed E-state index contributed by atoms with van der Waals surface area (Å²) in [5.74, 6) is 1.09. The summed E-state index contributed by atoms with van der Waals surface area (Å²) in [6, 6.07) is 10.4. The lowest BCUT2D eigenvalue weighted by Gasteiger charge is -2.40. The number of ether oxygens (including phenoxy) is 1. The molecule has 140 valence electrons. The third-order valence-corrected chi connectivity index (χ3v) is 6.33. The van der Waals surface area contributed by atoms with E-state index in [2.05, 4.69) is 44.0 Å². The summed E-state index contributed by atoms with van der Waals surface area (Å²) in [4.78, 5) is 26.0. The van der Waals surface area contributed by atoms with Gasteiger partial charge in [0.15, 0.2) is 0 Å². The fraction of sp³-hybridized carbons (Fsp3) is 0.476. The third kappa shape index (κ3) is 2.79. The average molecular weight is 364 g/mol.